The molecule has 59 heavy (non-hydrogen) atoms. The van der Waals surface area contributed by atoms with Crippen molar-refractivity contribution in [3.05, 3.63) is 60.8 Å². The van der Waals surface area contributed by atoms with E-state index in [0.29, 0.717) is 12.8 Å². The zero-order valence-electron chi connectivity index (χ0n) is 39.5. The second-order valence-electron chi connectivity index (χ2n) is 17.6. The molecule has 1 amide bonds. The quantitative estimate of drug-likeness (QED) is 0.0423. The van der Waals surface area contributed by atoms with E-state index in [0.717, 1.165) is 57.8 Å². The molecule has 0 fully saturated rings. The Hall–Kier alpha value is -1.91. The van der Waals surface area contributed by atoms with Crippen LogP contribution in [0, 0.1) is 0 Å². The molecule has 4 heteroatoms. The lowest BCUT2D eigenvalue weighted by molar-refractivity contribution is -0.123. The van der Waals surface area contributed by atoms with Crippen molar-refractivity contribution in [2.24, 2.45) is 0 Å². The van der Waals surface area contributed by atoms with Crippen LogP contribution in [0.3, 0.4) is 0 Å². The molecule has 0 aliphatic rings. The van der Waals surface area contributed by atoms with Gasteiger partial charge in [0.25, 0.3) is 0 Å². The van der Waals surface area contributed by atoms with Gasteiger partial charge in [-0.15, -0.1) is 0 Å². The number of hydrogen-bond donors (Lipinski definition) is 3. The number of carbonyl (C=O) groups is 1. The number of carbonyl (C=O) groups excluding carboxylic acids is 1. The first-order chi connectivity index (χ1) is 29.2. The molecule has 2 unspecified atom stereocenters. The second-order valence-corrected chi connectivity index (χ2v) is 17.6. The van der Waals surface area contributed by atoms with Crippen LogP contribution >= 0.6 is 0 Å². The third-order valence-electron chi connectivity index (χ3n) is 11.8. The number of aliphatic hydroxyl groups is 2. The van der Waals surface area contributed by atoms with Crippen LogP contribution in [0.1, 0.15) is 264 Å². The Bertz CT molecular complexity index is 981. The summed E-state index contributed by atoms with van der Waals surface area (Å²) in [5, 5.41) is 23.3. The zero-order valence-corrected chi connectivity index (χ0v) is 39.5. The van der Waals surface area contributed by atoms with Crippen molar-refractivity contribution in [2.75, 3.05) is 6.61 Å². The monoisotopic (exact) mass is 824 g/mol. The van der Waals surface area contributed by atoms with E-state index >= 15 is 0 Å². The second kappa shape index (κ2) is 50.4. The molecule has 0 saturated heterocycles. The number of aliphatic hydroxyl groups excluding tert-OH is 2. The number of hydrogen-bond acceptors (Lipinski definition) is 3. The van der Waals surface area contributed by atoms with E-state index in [4.69, 9.17) is 0 Å². The number of unbranched alkanes of at least 4 members (excludes halogenated alkanes) is 30. The fourth-order valence-electron chi connectivity index (χ4n) is 7.86. The van der Waals surface area contributed by atoms with Gasteiger partial charge in [-0.2, -0.15) is 0 Å². The summed E-state index contributed by atoms with van der Waals surface area (Å²) in [6.07, 6.45) is 70.4. The van der Waals surface area contributed by atoms with Crippen LogP contribution < -0.4 is 5.32 Å². The number of amides is 1. The van der Waals surface area contributed by atoms with Crippen molar-refractivity contribution in [3.8, 4) is 0 Å². The summed E-state index contributed by atoms with van der Waals surface area (Å²) in [7, 11) is 0. The molecule has 344 valence electrons. The molecular weight excluding hydrogens is 723 g/mol. The SMILES string of the molecule is CC/C=C\C/C=C\C/C=C\C/C=C\C/C=C\CCCCCCCCCCCCCC(=O)NC(CO)C(O)CCCCCCCCCCCCCCCCCCCCCC. The standard InChI is InChI=1S/C55H101NO3/c1-3-5-7-9-11-13-15-17-19-21-23-25-26-27-28-29-30-31-33-35-37-39-41-43-45-47-49-51-55(59)56-53(52-57)54(58)50-48-46-44-42-40-38-36-34-32-24-22-20-18-16-14-12-10-8-6-4-2/h5,7,11,13,17,19,23,25,27-28,53-54,57-58H,3-4,6,8-10,12,14-16,18,20-22,24,26,29-52H2,1-2H3,(H,56,59)/b7-5-,13-11-,19-17-,25-23-,28-27-. The minimum atomic E-state index is -0.664. The van der Waals surface area contributed by atoms with Crippen LogP contribution in [-0.2, 0) is 4.79 Å². The van der Waals surface area contributed by atoms with Crippen LogP contribution in [0.25, 0.3) is 0 Å². The summed E-state index contributed by atoms with van der Waals surface area (Å²) in [6.45, 7) is 4.26. The molecule has 0 aliphatic carbocycles. The fourth-order valence-corrected chi connectivity index (χ4v) is 7.86. The zero-order chi connectivity index (χ0) is 42.8. The highest BCUT2D eigenvalue weighted by molar-refractivity contribution is 5.76. The maximum absolute atomic E-state index is 12.5. The lowest BCUT2D eigenvalue weighted by Gasteiger charge is -2.22. The van der Waals surface area contributed by atoms with Gasteiger partial charge >= 0.3 is 0 Å². The molecule has 0 rings (SSSR count). The van der Waals surface area contributed by atoms with E-state index in [1.54, 1.807) is 0 Å². The van der Waals surface area contributed by atoms with E-state index in [2.05, 4.69) is 79.9 Å². The molecule has 0 aromatic rings. The normalized spacial score (nSPS) is 13.4. The summed E-state index contributed by atoms with van der Waals surface area (Å²) in [5.74, 6) is -0.0343. The minimum Gasteiger partial charge on any atom is -0.394 e. The van der Waals surface area contributed by atoms with Crippen molar-refractivity contribution in [2.45, 2.75) is 276 Å². The first kappa shape index (κ1) is 57.1. The number of allylic oxidation sites excluding steroid dienone is 10. The van der Waals surface area contributed by atoms with E-state index < -0.39 is 12.1 Å². The van der Waals surface area contributed by atoms with Gasteiger partial charge in [0.15, 0.2) is 0 Å². The molecule has 0 aromatic carbocycles. The average molecular weight is 824 g/mol. The van der Waals surface area contributed by atoms with Crippen LogP contribution in [0.2, 0.25) is 0 Å². The molecule has 0 aromatic heterocycles. The Morgan fingerprint density at radius 3 is 1.12 bits per heavy atom. The highest BCUT2D eigenvalue weighted by Gasteiger charge is 2.20. The average Bonchev–Trinajstić information content (AvgIpc) is 3.24. The van der Waals surface area contributed by atoms with Crippen molar-refractivity contribution in [1.29, 1.82) is 0 Å². The van der Waals surface area contributed by atoms with Gasteiger partial charge in [0.2, 0.25) is 5.91 Å². The van der Waals surface area contributed by atoms with E-state index in [9.17, 15) is 15.0 Å². The van der Waals surface area contributed by atoms with Gasteiger partial charge in [-0.1, -0.05) is 261 Å². The third kappa shape index (κ3) is 47.0. The minimum absolute atomic E-state index is 0.0343. The van der Waals surface area contributed by atoms with Crippen molar-refractivity contribution < 1.29 is 15.0 Å². The van der Waals surface area contributed by atoms with E-state index in [-0.39, 0.29) is 12.5 Å². The Morgan fingerprint density at radius 1 is 0.424 bits per heavy atom. The largest absolute Gasteiger partial charge is 0.394 e. The molecule has 0 bridgehead atoms. The van der Waals surface area contributed by atoms with Gasteiger partial charge in [-0.25, -0.2) is 0 Å². The molecule has 0 radical (unpaired) electrons. The lowest BCUT2D eigenvalue weighted by Crippen LogP contribution is -2.45. The maximum Gasteiger partial charge on any atom is 0.220 e. The highest BCUT2D eigenvalue weighted by Crippen LogP contribution is 2.17. The molecular formula is C55H101NO3. The Kier molecular flexibility index (Phi) is 48.8. The summed E-state index contributed by atoms with van der Waals surface area (Å²) < 4.78 is 0. The van der Waals surface area contributed by atoms with Gasteiger partial charge in [-0.05, 0) is 57.8 Å². The molecule has 2 atom stereocenters. The van der Waals surface area contributed by atoms with Gasteiger partial charge < -0.3 is 15.5 Å². The summed E-state index contributed by atoms with van der Waals surface area (Å²) in [5.41, 5.74) is 0. The first-order valence-corrected chi connectivity index (χ1v) is 26.0. The predicted octanol–water partition coefficient (Wildman–Crippen LogP) is 16.9. The predicted molar refractivity (Wildman–Crippen MR) is 262 cm³/mol. The molecule has 0 spiro atoms. The summed E-state index contributed by atoms with van der Waals surface area (Å²) in [4.78, 5) is 12.5. The maximum atomic E-state index is 12.5. The van der Waals surface area contributed by atoms with Gasteiger partial charge in [0, 0.05) is 6.42 Å². The summed E-state index contributed by atoms with van der Waals surface area (Å²) >= 11 is 0. The third-order valence-corrected chi connectivity index (χ3v) is 11.8. The van der Waals surface area contributed by atoms with Gasteiger partial charge in [0.1, 0.15) is 0 Å². The number of rotatable bonds is 47. The van der Waals surface area contributed by atoms with Gasteiger partial charge in [-0.3, -0.25) is 4.79 Å². The van der Waals surface area contributed by atoms with E-state index in [1.807, 2.05) is 0 Å². The van der Waals surface area contributed by atoms with Gasteiger partial charge in [0.05, 0.1) is 18.8 Å². The van der Waals surface area contributed by atoms with Crippen LogP contribution in [0.5, 0.6) is 0 Å². The van der Waals surface area contributed by atoms with E-state index in [1.165, 1.54) is 180 Å². The van der Waals surface area contributed by atoms with Crippen LogP contribution in [0.15, 0.2) is 60.8 Å². The van der Waals surface area contributed by atoms with Crippen molar-refractivity contribution in [3.63, 3.8) is 0 Å². The van der Waals surface area contributed by atoms with Crippen molar-refractivity contribution in [1.82, 2.24) is 5.32 Å². The van der Waals surface area contributed by atoms with Crippen LogP contribution in [-0.4, -0.2) is 34.9 Å². The lowest BCUT2D eigenvalue weighted by atomic mass is 10.0. The molecule has 4 nitrogen and oxygen atoms in total. The Morgan fingerprint density at radius 2 is 0.746 bits per heavy atom. The fraction of sp³-hybridized carbons (Fsp3) is 0.800. The Balaban J connectivity index is 3.51. The molecule has 0 heterocycles. The topological polar surface area (TPSA) is 69.6 Å². The molecule has 3 N–H and O–H groups in total. The number of nitrogens with one attached hydrogen (secondary N) is 1. The van der Waals surface area contributed by atoms with Crippen molar-refractivity contribution >= 4 is 5.91 Å². The smallest absolute Gasteiger partial charge is 0.220 e. The molecule has 0 saturated carbocycles. The summed E-state index contributed by atoms with van der Waals surface area (Å²) in [6, 6.07) is -0.541. The molecule has 0 aliphatic heterocycles. The highest BCUT2D eigenvalue weighted by atomic mass is 16.3. The Labute approximate surface area is 368 Å². The van der Waals surface area contributed by atoms with Crippen LogP contribution in [0.4, 0.5) is 0 Å². The first-order valence-electron chi connectivity index (χ1n) is 26.0.